The minimum absolute atomic E-state index is 0.0322. The molecule has 0 radical (unpaired) electrons. The van der Waals surface area contributed by atoms with Crippen LogP contribution < -0.4 is 18.9 Å². The maximum absolute atomic E-state index is 12.6. The predicted molar refractivity (Wildman–Crippen MR) is 107 cm³/mol. The summed E-state index contributed by atoms with van der Waals surface area (Å²) in [6.45, 7) is 1.99. The predicted octanol–water partition coefficient (Wildman–Crippen LogP) is 5.04. The van der Waals surface area contributed by atoms with E-state index in [1.54, 1.807) is 57.7 Å². The summed E-state index contributed by atoms with van der Waals surface area (Å²) in [6, 6.07) is 17.9. The Balaban J connectivity index is 1.82. The molecular weight excluding hydrogens is 356 g/mol. The molecule has 0 heterocycles. The van der Waals surface area contributed by atoms with Gasteiger partial charge in [-0.25, -0.2) is 0 Å². The highest BCUT2D eigenvalue weighted by molar-refractivity contribution is 6.09. The summed E-state index contributed by atoms with van der Waals surface area (Å²) < 4.78 is 21.9. The third kappa shape index (κ3) is 4.09. The van der Waals surface area contributed by atoms with Gasteiger partial charge in [0.1, 0.15) is 5.75 Å². The third-order valence-electron chi connectivity index (χ3n) is 4.33. The molecule has 0 aromatic heterocycles. The zero-order valence-corrected chi connectivity index (χ0v) is 16.3. The average Bonchev–Trinajstić information content (AvgIpc) is 2.74. The van der Waals surface area contributed by atoms with Crippen LogP contribution in [0, 0.1) is 6.92 Å². The number of ketones is 1. The highest BCUT2D eigenvalue weighted by atomic mass is 16.5. The van der Waals surface area contributed by atoms with Crippen molar-refractivity contribution in [2.75, 3.05) is 21.3 Å². The summed E-state index contributed by atoms with van der Waals surface area (Å²) in [6.07, 6.45) is 0. The van der Waals surface area contributed by atoms with E-state index >= 15 is 0 Å². The van der Waals surface area contributed by atoms with Crippen LogP contribution in [0.4, 0.5) is 0 Å². The van der Waals surface area contributed by atoms with Gasteiger partial charge in [-0.05, 0) is 31.2 Å². The van der Waals surface area contributed by atoms with Crippen LogP contribution in [0.15, 0.2) is 60.7 Å². The summed E-state index contributed by atoms with van der Waals surface area (Å²) >= 11 is 0. The second kappa shape index (κ2) is 8.48. The SMILES string of the molecule is COc1cc(OC)c(Oc2ccc(C(=O)c3ccc(C)cc3)cc2)cc1OC. The molecule has 3 aromatic rings. The molecule has 0 unspecified atom stereocenters. The van der Waals surface area contributed by atoms with E-state index in [1.807, 2.05) is 31.2 Å². The van der Waals surface area contributed by atoms with Crippen LogP contribution in [0.25, 0.3) is 0 Å². The maximum atomic E-state index is 12.6. The molecule has 144 valence electrons. The van der Waals surface area contributed by atoms with E-state index in [4.69, 9.17) is 18.9 Å². The van der Waals surface area contributed by atoms with Crippen molar-refractivity contribution < 1.29 is 23.7 Å². The van der Waals surface area contributed by atoms with Gasteiger partial charge in [0.2, 0.25) is 0 Å². The first-order chi connectivity index (χ1) is 13.5. The number of carbonyl (C=O) groups excluding carboxylic acids is 1. The Bertz CT molecular complexity index is 960. The lowest BCUT2D eigenvalue weighted by atomic mass is 10.0. The lowest BCUT2D eigenvalue weighted by Crippen LogP contribution is -2.01. The van der Waals surface area contributed by atoms with E-state index < -0.39 is 0 Å². The molecule has 3 aromatic carbocycles. The van der Waals surface area contributed by atoms with Crippen molar-refractivity contribution in [1.29, 1.82) is 0 Å². The molecule has 0 saturated heterocycles. The highest BCUT2D eigenvalue weighted by Gasteiger charge is 2.14. The van der Waals surface area contributed by atoms with Crippen LogP contribution >= 0.6 is 0 Å². The van der Waals surface area contributed by atoms with Gasteiger partial charge in [0.05, 0.1) is 21.3 Å². The Labute approximate surface area is 164 Å². The Morgan fingerprint density at radius 3 is 1.57 bits per heavy atom. The maximum Gasteiger partial charge on any atom is 0.193 e. The van der Waals surface area contributed by atoms with Gasteiger partial charge in [0.25, 0.3) is 0 Å². The number of hydrogen-bond donors (Lipinski definition) is 0. The van der Waals surface area contributed by atoms with Gasteiger partial charge in [-0.2, -0.15) is 0 Å². The minimum atomic E-state index is -0.0322. The molecule has 0 saturated carbocycles. The molecular formula is C23H22O5. The molecule has 5 heteroatoms. The van der Waals surface area contributed by atoms with E-state index in [-0.39, 0.29) is 5.78 Å². The van der Waals surface area contributed by atoms with Crippen LogP contribution in [0.3, 0.4) is 0 Å². The van der Waals surface area contributed by atoms with Crippen molar-refractivity contribution in [3.63, 3.8) is 0 Å². The van der Waals surface area contributed by atoms with E-state index in [1.165, 1.54) is 0 Å². The van der Waals surface area contributed by atoms with Crippen molar-refractivity contribution >= 4 is 5.78 Å². The topological polar surface area (TPSA) is 54.0 Å². The van der Waals surface area contributed by atoms with Gasteiger partial charge in [-0.15, -0.1) is 0 Å². The average molecular weight is 378 g/mol. The molecule has 3 rings (SSSR count). The highest BCUT2D eigenvalue weighted by Crippen LogP contribution is 2.41. The first-order valence-corrected chi connectivity index (χ1v) is 8.75. The molecule has 0 amide bonds. The first-order valence-electron chi connectivity index (χ1n) is 8.75. The normalized spacial score (nSPS) is 10.3. The monoisotopic (exact) mass is 378 g/mol. The van der Waals surface area contributed by atoms with Gasteiger partial charge >= 0.3 is 0 Å². The van der Waals surface area contributed by atoms with Gasteiger partial charge in [-0.3, -0.25) is 4.79 Å². The van der Waals surface area contributed by atoms with Crippen molar-refractivity contribution in [2.24, 2.45) is 0 Å². The Hall–Kier alpha value is -3.47. The third-order valence-corrected chi connectivity index (χ3v) is 4.33. The quantitative estimate of drug-likeness (QED) is 0.539. The zero-order chi connectivity index (χ0) is 20.1. The summed E-state index contributed by atoms with van der Waals surface area (Å²) in [4.78, 5) is 12.6. The fraction of sp³-hybridized carbons (Fsp3) is 0.174. The summed E-state index contributed by atoms with van der Waals surface area (Å²) in [5, 5.41) is 0. The number of methoxy groups -OCH3 is 3. The molecule has 5 nitrogen and oxygen atoms in total. The summed E-state index contributed by atoms with van der Waals surface area (Å²) in [5.74, 6) is 2.62. The molecule has 0 spiro atoms. The molecule has 0 N–H and O–H groups in total. The lowest BCUT2D eigenvalue weighted by Gasteiger charge is -2.14. The van der Waals surface area contributed by atoms with Crippen molar-refractivity contribution in [3.05, 3.63) is 77.4 Å². The largest absolute Gasteiger partial charge is 0.493 e. The second-order valence-electron chi connectivity index (χ2n) is 6.18. The smallest absolute Gasteiger partial charge is 0.193 e. The van der Waals surface area contributed by atoms with Crippen LogP contribution in [0.2, 0.25) is 0 Å². The number of benzene rings is 3. The van der Waals surface area contributed by atoms with Crippen molar-refractivity contribution in [1.82, 2.24) is 0 Å². The van der Waals surface area contributed by atoms with Gasteiger partial charge in [-0.1, -0.05) is 29.8 Å². The van der Waals surface area contributed by atoms with Crippen LogP contribution in [0.1, 0.15) is 21.5 Å². The van der Waals surface area contributed by atoms with Gasteiger partial charge in [0.15, 0.2) is 28.8 Å². The van der Waals surface area contributed by atoms with Gasteiger partial charge < -0.3 is 18.9 Å². The molecule has 0 aliphatic heterocycles. The van der Waals surface area contributed by atoms with Crippen molar-refractivity contribution in [2.45, 2.75) is 6.92 Å². The molecule has 0 fully saturated rings. The van der Waals surface area contributed by atoms with Crippen LogP contribution in [0.5, 0.6) is 28.7 Å². The standard InChI is InChI=1S/C23H22O5/c1-15-5-7-16(8-6-15)23(24)17-9-11-18(12-10-17)28-22-14-20(26-3)19(25-2)13-21(22)27-4/h5-14H,1-4H3. The van der Waals surface area contributed by atoms with Crippen LogP contribution in [-0.2, 0) is 0 Å². The minimum Gasteiger partial charge on any atom is -0.493 e. The number of hydrogen-bond acceptors (Lipinski definition) is 5. The summed E-state index contributed by atoms with van der Waals surface area (Å²) in [5.41, 5.74) is 2.36. The molecule has 0 aliphatic rings. The first kappa shape index (κ1) is 19.3. The molecule has 0 aliphatic carbocycles. The Kier molecular flexibility index (Phi) is 5.84. The molecule has 28 heavy (non-hydrogen) atoms. The van der Waals surface area contributed by atoms with Crippen LogP contribution in [-0.4, -0.2) is 27.1 Å². The Morgan fingerprint density at radius 2 is 1.07 bits per heavy atom. The zero-order valence-electron chi connectivity index (χ0n) is 16.3. The van der Waals surface area contributed by atoms with E-state index in [0.29, 0.717) is 39.9 Å². The second-order valence-corrected chi connectivity index (χ2v) is 6.18. The number of rotatable bonds is 7. The molecule has 0 bridgehead atoms. The Morgan fingerprint density at radius 1 is 0.643 bits per heavy atom. The van der Waals surface area contributed by atoms with E-state index in [0.717, 1.165) is 5.56 Å². The fourth-order valence-corrected chi connectivity index (χ4v) is 2.75. The number of aryl methyl sites for hydroxylation is 1. The number of ether oxygens (including phenoxy) is 4. The van der Waals surface area contributed by atoms with Crippen molar-refractivity contribution in [3.8, 4) is 28.7 Å². The summed E-state index contributed by atoms with van der Waals surface area (Å²) in [7, 11) is 4.67. The van der Waals surface area contributed by atoms with Gasteiger partial charge in [0, 0.05) is 23.3 Å². The number of carbonyl (C=O) groups is 1. The van der Waals surface area contributed by atoms with E-state index in [9.17, 15) is 4.79 Å². The lowest BCUT2D eigenvalue weighted by molar-refractivity contribution is 0.103. The van der Waals surface area contributed by atoms with E-state index in [2.05, 4.69) is 0 Å². The fourth-order valence-electron chi connectivity index (χ4n) is 2.75. The molecule has 0 atom stereocenters.